The van der Waals surface area contributed by atoms with Crippen molar-refractivity contribution in [3.8, 4) is 0 Å². The first-order valence-corrected chi connectivity index (χ1v) is 11.6. The van der Waals surface area contributed by atoms with E-state index in [-0.39, 0.29) is 43.2 Å². The summed E-state index contributed by atoms with van der Waals surface area (Å²) in [6.45, 7) is 1.37. The Kier molecular flexibility index (Phi) is 5.71. The lowest BCUT2D eigenvalue weighted by Crippen LogP contribution is -2.68. The standard InChI is InChI=1S/C20H26N4O4S/c25-19-17-7-4-11-21-18(17)22-20(26)24(19)16-8-12-23(13-9-16)29(27,28)14-10-15-5-2-1-3-6-15/h1-3,5-6,10,14,16-18,21H,4,7-9,11-13H2,(H,22,26)/b14-10+. The highest BCUT2D eigenvalue weighted by Gasteiger charge is 2.45. The van der Waals surface area contributed by atoms with Crippen molar-refractivity contribution in [2.24, 2.45) is 5.92 Å². The van der Waals surface area contributed by atoms with Crippen LogP contribution in [0.2, 0.25) is 0 Å². The molecular formula is C20H26N4O4S. The third kappa shape index (κ3) is 4.22. The highest BCUT2D eigenvalue weighted by atomic mass is 32.2. The smallest absolute Gasteiger partial charge is 0.321 e. The second-order valence-corrected chi connectivity index (χ2v) is 9.55. The van der Waals surface area contributed by atoms with Gasteiger partial charge in [-0.05, 0) is 43.9 Å². The van der Waals surface area contributed by atoms with Crippen molar-refractivity contribution in [2.75, 3.05) is 19.6 Å². The van der Waals surface area contributed by atoms with Crippen molar-refractivity contribution >= 4 is 28.0 Å². The number of imide groups is 1. The molecule has 0 aliphatic carbocycles. The van der Waals surface area contributed by atoms with Gasteiger partial charge in [0, 0.05) is 24.5 Å². The molecule has 0 aromatic heterocycles. The van der Waals surface area contributed by atoms with E-state index in [1.807, 2.05) is 30.3 Å². The highest BCUT2D eigenvalue weighted by molar-refractivity contribution is 7.92. The lowest BCUT2D eigenvalue weighted by atomic mass is 9.91. The van der Waals surface area contributed by atoms with Crippen LogP contribution < -0.4 is 10.6 Å². The normalized spacial score (nSPS) is 27.1. The van der Waals surface area contributed by atoms with Crippen LogP contribution in [0, 0.1) is 5.92 Å². The van der Waals surface area contributed by atoms with Gasteiger partial charge in [-0.2, -0.15) is 4.31 Å². The Morgan fingerprint density at radius 2 is 1.76 bits per heavy atom. The molecule has 1 aromatic carbocycles. The van der Waals surface area contributed by atoms with Gasteiger partial charge in [0.25, 0.3) is 0 Å². The first-order chi connectivity index (χ1) is 14.0. The Labute approximate surface area is 171 Å². The summed E-state index contributed by atoms with van der Waals surface area (Å²) in [5.41, 5.74) is 0.817. The molecule has 156 valence electrons. The maximum absolute atomic E-state index is 12.9. The van der Waals surface area contributed by atoms with Crippen LogP contribution in [0.1, 0.15) is 31.2 Å². The minimum Gasteiger partial charge on any atom is -0.321 e. The predicted molar refractivity (Wildman–Crippen MR) is 109 cm³/mol. The molecule has 3 amide bonds. The van der Waals surface area contributed by atoms with Crippen LogP contribution in [0.4, 0.5) is 4.79 Å². The van der Waals surface area contributed by atoms with Gasteiger partial charge in [-0.3, -0.25) is 15.0 Å². The van der Waals surface area contributed by atoms with Crippen LogP contribution >= 0.6 is 0 Å². The zero-order valence-corrected chi connectivity index (χ0v) is 17.0. The summed E-state index contributed by atoms with van der Waals surface area (Å²) >= 11 is 0. The molecule has 0 bridgehead atoms. The first kappa shape index (κ1) is 20.1. The van der Waals surface area contributed by atoms with Crippen LogP contribution in [0.5, 0.6) is 0 Å². The average molecular weight is 419 g/mol. The summed E-state index contributed by atoms with van der Waals surface area (Å²) in [5, 5.41) is 7.30. The summed E-state index contributed by atoms with van der Waals surface area (Å²) in [4.78, 5) is 26.7. The molecule has 3 fully saturated rings. The summed E-state index contributed by atoms with van der Waals surface area (Å²) < 4.78 is 26.7. The van der Waals surface area contributed by atoms with Gasteiger partial charge in [-0.1, -0.05) is 30.3 Å². The fraction of sp³-hybridized carbons (Fsp3) is 0.500. The van der Waals surface area contributed by atoms with Gasteiger partial charge in [0.2, 0.25) is 15.9 Å². The molecule has 3 aliphatic heterocycles. The van der Waals surface area contributed by atoms with Gasteiger partial charge in [0.1, 0.15) is 0 Å². The first-order valence-electron chi connectivity index (χ1n) is 10.1. The largest absolute Gasteiger partial charge is 0.325 e. The predicted octanol–water partition coefficient (Wildman–Crippen LogP) is 1.33. The number of hydrogen-bond donors (Lipinski definition) is 2. The van der Waals surface area contributed by atoms with E-state index in [1.54, 1.807) is 6.08 Å². The molecule has 3 saturated heterocycles. The minimum atomic E-state index is -3.54. The Morgan fingerprint density at radius 1 is 1.03 bits per heavy atom. The zero-order valence-electron chi connectivity index (χ0n) is 16.2. The van der Waals surface area contributed by atoms with E-state index in [4.69, 9.17) is 0 Å². The summed E-state index contributed by atoms with van der Waals surface area (Å²) in [6, 6.07) is 8.61. The second kappa shape index (κ2) is 8.25. The average Bonchev–Trinajstić information content (AvgIpc) is 2.73. The summed E-state index contributed by atoms with van der Waals surface area (Å²) in [5.74, 6) is -0.381. The molecular weight excluding hydrogens is 392 g/mol. The fourth-order valence-electron chi connectivity index (χ4n) is 4.30. The minimum absolute atomic E-state index is 0.142. The van der Waals surface area contributed by atoms with Gasteiger partial charge in [-0.25, -0.2) is 13.2 Å². The maximum Gasteiger partial charge on any atom is 0.325 e. The lowest BCUT2D eigenvalue weighted by molar-refractivity contribution is -0.139. The van der Waals surface area contributed by atoms with E-state index in [2.05, 4.69) is 10.6 Å². The number of carbonyl (C=O) groups excluding carboxylic acids is 2. The molecule has 2 atom stereocenters. The molecule has 1 aromatic rings. The lowest BCUT2D eigenvalue weighted by Gasteiger charge is -2.44. The molecule has 3 heterocycles. The van der Waals surface area contributed by atoms with Gasteiger partial charge in [0.15, 0.2) is 0 Å². The molecule has 2 N–H and O–H groups in total. The Balaban J connectivity index is 1.39. The van der Waals surface area contributed by atoms with E-state index in [0.29, 0.717) is 12.8 Å². The van der Waals surface area contributed by atoms with Gasteiger partial charge >= 0.3 is 6.03 Å². The molecule has 9 heteroatoms. The second-order valence-electron chi connectivity index (χ2n) is 7.73. The molecule has 29 heavy (non-hydrogen) atoms. The molecule has 0 radical (unpaired) electrons. The number of rotatable bonds is 4. The Hall–Kier alpha value is -2.23. The number of sulfonamides is 1. The number of nitrogens with zero attached hydrogens (tertiary/aromatic N) is 2. The fourth-order valence-corrected chi connectivity index (χ4v) is 5.52. The van der Waals surface area contributed by atoms with Crippen molar-refractivity contribution in [3.63, 3.8) is 0 Å². The van der Waals surface area contributed by atoms with Crippen LogP contribution in [0.3, 0.4) is 0 Å². The van der Waals surface area contributed by atoms with Gasteiger partial charge in [-0.15, -0.1) is 0 Å². The van der Waals surface area contributed by atoms with E-state index in [0.717, 1.165) is 24.9 Å². The van der Waals surface area contributed by atoms with Crippen molar-refractivity contribution in [2.45, 2.75) is 37.9 Å². The number of hydrogen-bond acceptors (Lipinski definition) is 5. The van der Waals surface area contributed by atoms with Crippen LogP contribution in [-0.2, 0) is 14.8 Å². The van der Waals surface area contributed by atoms with E-state index < -0.39 is 10.0 Å². The number of benzene rings is 1. The number of piperidine rings is 2. The van der Waals surface area contributed by atoms with Crippen molar-refractivity contribution in [1.82, 2.24) is 19.8 Å². The number of urea groups is 1. The third-order valence-electron chi connectivity index (χ3n) is 5.89. The highest BCUT2D eigenvalue weighted by Crippen LogP contribution is 2.27. The topological polar surface area (TPSA) is 98.8 Å². The molecule has 0 spiro atoms. The number of nitrogens with one attached hydrogen (secondary N) is 2. The van der Waals surface area contributed by atoms with Crippen molar-refractivity contribution < 1.29 is 18.0 Å². The monoisotopic (exact) mass is 418 g/mol. The summed E-state index contributed by atoms with van der Waals surface area (Å²) in [6.07, 6.45) is 3.85. The number of amides is 3. The van der Waals surface area contributed by atoms with Crippen LogP contribution in [0.25, 0.3) is 6.08 Å². The van der Waals surface area contributed by atoms with Gasteiger partial charge < -0.3 is 5.32 Å². The van der Waals surface area contributed by atoms with E-state index in [9.17, 15) is 18.0 Å². The number of carbonyl (C=O) groups is 2. The van der Waals surface area contributed by atoms with Gasteiger partial charge in [0.05, 0.1) is 12.1 Å². The zero-order chi connectivity index (χ0) is 20.4. The Morgan fingerprint density at radius 3 is 2.48 bits per heavy atom. The maximum atomic E-state index is 12.9. The molecule has 2 unspecified atom stereocenters. The summed E-state index contributed by atoms with van der Waals surface area (Å²) in [7, 11) is -3.54. The number of fused-ring (bicyclic) bond motifs is 1. The van der Waals surface area contributed by atoms with Crippen LogP contribution in [-0.4, -0.2) is 61.4 Å². The van der Waals surface area contributed by atoms with Crippen molar-refractivity contribution in [1.29, 1.82) is 0 Å². The van der Waals surface area contributed by atoms with Crippen LogP contribution in [0.15, 0.2) is 35.7 Å². The third-order valence-corrected chi connectivity index (χ3v) is 7.46. The molecule has 4 rings (SSSR count). The SMILES string of the molecule is O=C1NC2NCCCC2C(=O)N1C1CCN(S(=O)(=O)/C=C/c2ccccc2)CC1. The van der Waals surface area contributed by atoms with E-state index >= 15 is 0 Å². The molecule has 3 aliphatic rings. The van der Waals surface area contributed by atoms with E-state index in [1.165, 1.54) is 14.6 Å². The molecule has 0 saturated carbocycles. The Bertz CT molecular complexity index is 894. The van der Waals surface area contributed by atoms with Crippen molar-refractivity contribution in [3.05, 3.63) is 41.3 Å². The quantitative estimate of drug-likeness (QED) is 0.769. The molecule has 8 nitrogen and oxygen atoms in total.